The number of carbonyl (C=O) groups is 1. The maximum absolute atomic E-state index is 15.0. The number of nitrogens with one attached hydrogen (secondary N) is 1. The van der Waals surface area contributed by atoms with E-state index in [1.165, 1.54) is 19.5 Å². The van der Waals surface area contributed by atoms with Crippen molar-refractivity contribution >= 4 is 11.8 Å². The molecule has 0 aliphatic carbocycles. The van der Waals surface area contributed by atoms with Gasteiger partial charge in [0.05, 0.1) is 19.4 Å². The lowest BCUT2D eigenvalue weighted by molar-refractivity contribution is 0.0692. The normalized spacial score (nSPS) is 12.2. The fourth-order valence-corrected chi connectivity index (χ4v) is 3.64. The molecule has 10 heteroatoms. The first kappa shape index (κ1) is 23.1. The predicted molar refractivity (Wildman–Crippen MR) is 122 cm³/mol. The third kappa shape index (κ3) is 4.80. The van der Waals surface area contributed by atoms with Crippen molar-refractivity contribution in [3.05, 3.63) is 53.6 Å². The standard InChI is InChI=1S/C24H24FN3O6/c1-3-32-19-10-14(4-5-16(19)24(29)30)17-11-21(28-13-27-17)26-7-6-15-18(31-2)12-20-23(22(15)25)34-9-8-33-20/h4-5,10-13H,3,6-9H2,1-2H3,(H,29,30)(H,26,27,28). The number of aromatic carboxylic acids is 1. The Bertz CT molecular complexity index is 1200. The molecular formula is C24H24FN3O6. The van der Waals surface area contributed by atoms with Gasteiger partial charge in [-0.3, -0.25) is 0 Å². The molecule has 9 nitrogen and oxygen atoms in total. The number of benzene rings is 2. The molecule has 1 aliphatic heterocycles. The Labute approximate surface area is 195 Å². The van der Waals surface area contributed by atoms with Gasteiger partial charge in [-0.2, -0.15) is 0 Å². The van der Waals surface area contributed by atoms with E-state index in [1.54, 1.807) is 31.2 Å². The summed E-state index contributed by atoms with van der Waals surface area (Å²) in [7, 11) is 1.48. The van der Waals surface area contributed by atoms with Gasteiger partial charge in [-0.15, -0.1) is 0 Å². The summed E-state index contributed by atoms with van der Waals surface area (Å²) in [5, 5.41) is 12.5. The first-order valence-corrected chi connectivity index (χ1v) is 10.7. The van der Waals surface area contributed by atoms with Gasteiger partial charge in [-0.1, -0.05) is 6.07 Å². The van der Waals surface area contributed by atoms with Crippen LogP contribution in [0.5, 0.6) is 23.0 Å². The fourth-order valence-electron chi connectivity index (χ4n) is 3.64. The number of carboxylic acid groups (broad SMARTS) is 1. The molecule has 0 atom stereocenters. The Morgan fingerprint density at radius 1 is 1.18 bits per heavy atom. The van der Waals surface area contributed by atoms with Crippen LogP contribution in [-0.4, -0.2) is 54.5 Å². The lowest BCUT2D eigenvalue weighted by Gasteiger charge is -2.22. The van der Waals surface area contributed by atoms with Crippen LogP contribution in [0, 0.1) is 5.82 Å². The van der Waals surface area contributed by atoms with Gasteiger partial charge in [-0.25, -0.2) is 19.2 Å². The number of hydrogen-bond donors (Lipinski definition) is 2. The second-order valence-electron chi connectivity index (χ2n) is 7.31. The van der Waals surface area contributed by atoms with Crippen molar-refractivity contribution in [2.45, 2.75) is 13.3 Å². The van der Waals surface area contributed by atoms with Crippen LogP contribution in [0.3, 0.4) is 0 Å². The van der Waals surface area contributed by atoms with E-state index in [1.807, 2.05) is 0 Å². The summed E-state index contributed by atoms with van der Waals surface area (Å²) in [5.41, 5.74) is 1.71. The summed E-state index contributed by atoms with van der Waals surface area (Å²) in [6, 6.07) is 8.13. The fraction of sp³-hybridized carbons (Fsp3) is 0.292. The molecule has 4 rings (SSSR count). The van der Waals surface area contributed by atoms with Crippen molar-refractivity contribution in [1.29, 1.82) is 0 Å². The highest BCUT2D eigenvalue weighted by atomic mass is 19.1. The van der Waals surface area contributed by atoms with Crippen LogP contribution < -0.4 is 24.3 Å². The van der Waals surface area contributed by atoms with Crippen molar-refractivity contribution in [3.63, 3.8) is 0 Å². The number of methoxy groups -OCH3 is 1. The monoisotopic (exact) mass is 469 g/mol. The molecule has 0 saturated carbocycles. The first-order chi connectivity index (χ1) is 16.5. The van der Waals surface area contributed by atoms with Gasteiger partial charge in [0.25, 0.3) is 0 Å². The second kappa shape index (κ2) is 10.2. The molecule has 0 bridgehead atoms. The minimum absolute atomic E-state index is 0.0772. The van der Waals surface area contributed by atoms with Crippen LogP contribution in [0.2, 0.25) is 0 Å². The molecular weight excluding hydrogens is 445 g/mol. The molecule has 2 heterocycles. The topological polar surface area (TPSA) is 112 Å². The molecule has 2 aromatic carbocycles. The summed E-state index contributed by atoms with van der Waals surface area (Å²) in [6.45, 7) is 3.13. The Morgan fingerprint density at radius 3 is 2.76 bits per heavy atom. The van der Waals surface area contributed by atoms with E-state index in [4.69, 9.17) is 18.9 Å². The Hall–Kier alpha value is -4.08. The maximum atomic E-state index is 15.0. The van der Waals surface area contributed by atoms with Crippen LogP contribution in [0.15, 0.2) is 36.7 Å². The largest absolute Gasteiger partial charge is 0.496 e. The quantitative estimate of drug-likeness (QED) is 0.483. The molecule has 34 heavy (non-hydrogen) atoms. The average molecular weight is 469 g/mol. The van der Waals surface area contributed by atoms with E-state index < -0.39 is 11.8 Å². The van der Waals surface area contributed by atoms with E-state index in [0.717, 1.165) is 0 Å². The van der Waals surface area contributed by atoms with Gasteiger partial charge >= 0.3 is 5.97 Å². The number of fused-ring (bicyclic) bond motifs is 1. The molecule has 0 amide bonds. The van der Waals surface area contributed by atoms with Crippen LogP contribution in [0.25, 0.3) is 11.3 Å². The molecule has 0 unspecified atom stereocenters. The zero-order chi connectivity index (χ0) is 24.1. The number of hydrogen-bond acceptors (Lipinski definition) is 8. The summed E-state index contributed by atoms with van der Waals surface area (Å²) in [5.74, 6) is 0.0420. The van der Waals surface area contributed by atoms with E-state index >= 15 is 4.39 Å². The zero-order valence-electron chi connectivity index (χ0n) is 18.8. The minimum Gasteiger partial charge on any atom is -0.496 e. The molecule has 0 spiro atoms. The lowest BCUT2D eigenvalue weighted by Crippen LogP contribution is -2.18. The van der Waals surface area contributed by atoms with Crippen molar-refractivity contribution in [2.24, 2.45) is 0 Å². The van der Waals surface area contributed by atoms with Crippen LogP contribution in [-0.2, 0) is 6.42 Å². The average Bonchev–Trinajstić information content (AvgIpc) is 2.85. The first-order valence-electron chi connectivity index (χ1n) is 10.7. The number of halogens is 1. The van der Waals surface area contributed by atoms with Crippen molar-refractivity contribution in [1.82, 2.24) is 9.97 Å². The van der Waals surface area contributed by atoms with Gasteiger partial charge in [0, 0.05) is 29.8 Å². The number of nitrogens with zero attached hydrogens (tertiary/aromatic N) is 2. The molecule has 1 aromatic heterocycles. The highest BCUT2D eigenvalue weighted by Crippen LogP contribution is 2.40. The summed E-state index contributed by atoms with van der Waals surface area (Å²) in [4.78, 5) is 19.9. The molecule has 0 saturated heterocycles. The van der Waals surface area contributed by atoms with Gasteiger partial charge in [0.15, 0.2) is 17.3 Å². The summed E-state index contributed by atoms with van der Waals surface area (Å²) >= 11 is 0. The van der Waals surface area contributed by atoms with Gasteiger partial charge in [-0.05, 0) is 25.5 Å². The second-order valence-corrected chi connectivity index (χ2v) is 7.31. The Morgan fingerprint density at radius 2 is 2.00 bits per heavy atom. The van der Waals surface area contributed by atoms with Crippen molar-refractivity contribution in [2.75, 3.05) is 38.8 Å². The lowest BCUT2D eigenvalue weighted by atomic mass is 10.1. The molecule has 1 aliphatic rings. The van der Waals surface area contributed by atoms with Gasteiger partial charge in [0.2, 0.25) is 0 Å². The van der Waals surface area contributed by atoms with Gasteiger partial charge in [0.1, 0.15) is 42.4 Å². The van der Waals surface area contributed by atoms with Crippen molar-refractivity contribution in [3.8, 4) is 34.3 Å². The smallest absolute Gasteiger partial charge is 0.339 e. The van der Waals surface area contributed by atoms with Gasteiger partial charge < -0.3 is 29.4 Å². The predicted octanol–water partition coefficient (Wildman–Crippen LogP) is 3.81. The molecule has 2 N–H and O–H groups in total. The van der Waals surface area contributed by atoms with E-state index in [2.05, 4.69) is 15.3 Å². The minimum atomic E-state index is -1.07. The number of rotatable bonds is 9. The third-order valence-electron chi connectivity index (χ3n) is 5.21. The Balaban J connectivity index is 1.50. The van der Waals surface area contributed by atoms with Crippen molar-refractivity contribution < 1.29 is 33.2 Å². The number of aromatic nitrogens is 2. The highest BCUT2D eigenvalue weighted by Gasteiger charge is 2.23. The zero-order valence-corrected chi connectivity index (χ0v) is 18.8. The Kier molecular flexibility index (Phi) is 6.95. The molecule has 3 aromatic rings. The molecule has 0 radical (unpaired) electrons. The van der Waals surface area contributed by atoms with E-state index in [-0.39, 0.29) is 23.7 Å². The third-order valence-corrected chi connectivity index (χ3v) is 5.21. The molecule has 178 valence electrons. The number of carboxylic acids is 1. The molecule has 0 fully saturated rings. The van der Waals surface area contributed by atoms with Crippen LogP contribution in [0.4, 0.5) is 10.2 Å². The van der Waals surface area contributed by atoms with E-state index in [0.29, 0.717) is 60.3 Å². The van der Waals surface area contributed by atoms with Crippen LogP contribution in [0.1, 0.15) is 22.8 Å². The number of anilines is 1. The summed E-state index contributed by atoms with van der Waals surface area (Å²) in [6.07, 6.45) is 1.71. The maximum Gasteiger partial charge on any atom is 0.339 e. The highest BCUT2D eigenvalue weighted by molar-refractivity contribution is 5.91. The van der Waals surface area contributed by atoms with Crippen LogP contribution >= 0.6 is 0 Å². The SMILES string of the molecule is CCOc1cc(-c2cc(NCCc3c(OC)cc4c(c3F)OCCO4)ncn2)ccc1C(=O)O. The van der Waals surface area contributed by atoms with E-state index in [9.17, 15) is 9.90 Å². The number of ether oxygens (including phenoxy) is 4. The summed E-state index contributed by atoms with van der Waals surface area (Å²) < 4.78 is 36.7.